The molecule has 84 valence electrons. The van der Waals surface area contributed by atoms with Crippen LogP contribution in [-0.2, 0) is 4.79 Å². The Hall–Kier alpha value is -1.97. The van der Waals surface area contributed by atoms with Gasteiger partial charge in [0.1, 0.15) is 5.75 Å². The summed E-state index contributed by atoms with van der Waals surface area (Å²) in [6, 6.07) is 5.95. The smallest absolute Gasteiger partial charge is 0.243 e. The number of aryl methyl sites for hydroxylation is 1. The molecule has 1 aliphatic rings. The summed E-state index contributed by atoms with van der Waals surface area (Å²) in [5, 5.41) is 5.66. The van der Waals surface area contributed by atoms with E-state index < -0.39 is 0 Å². The first-order valence-electron chi connectivity index (χ1n) is 5.13. The van der Waals surface area contributed by atoms with Gasteiger partial charge in [0.05, 0.1) is 5.69 Å². The molecule has 1 atom stereocenters. The van der Waals surface area contributed by atoms with Crippen molar-refractivity contribution < 1.29 is 9.53 Å². The van der Waals surface area contributed by atoms with Crippen LogP contribution in [-0.4, -0.2) is 19.2 Å². The van der Waals surface area contributed by atoms with Crippen LogP contribution in [0.3, 0.4) is 0 Å². The van der Waals surface area contributed by atoms with E-state index in [9.17, 15) is 4.79 Å². The molecule has 0 saturated carbocycles. The van der Waals surface area contributed by atoms with E-state index in [1.165, 1.54) is 6.08 Å². The molecule has 0 aliphatic carbocycles. The average Bonchev–Trinajstić information content (AvgIpc) is 2.67. The number of rotatable bonds is 2. The average molecular weight is 218 g/mol. The van der Waals surface area contributed by atoms with Crippen LogP contribution in [0.1, 0.15) is 5.56 Å². The quantitative estimate of drug-likeness (QED) is 0.738. The Morgan fingerprint density at radius 3 is 3.12 bits per heavy atom. The maximum atomic E-state index is 11.0. The highest BCUT2D eigenvalue weighted by molar-refractivity contribution is 5.87. The molecule has 0 radical (unpaired) electrons. The van der Waals surface area contributed by atoms with E-state index in [4.69, 9.17) is 4.74 Å². The number of benzene rings is 1. The van der Waals surface area contributed by atoms with E-state index in [1.807, 2.05) is 25.1 Å². The van der Waals surface area contributed by atoms with E-state index in [2.05, 4.69) is 10.6 Å². The van der Waals surface area contributed by atoms with Crippen molar-refractivity contribution in [3.8, 4) is 5.75 Å². The third-order valence-electron chi connectivity index (χ3n) is 2.36. The van der Waals surface area contributed by atoms with E-state index in [0.29, 0.717) is 0 Å². The molecule has 4 heteroatoms. The summed E-state index contributed by atoms with van der Waals surface area (Å²) in [5.74, 6) is 0.684. The van der Waals surface area contributed by atoms with Gasteiger partial charge >= 0.3 is 0 Å². The molecule has 2 N–H and O–H groups in total. The third kappa shape index (κ3) is 2.16. The lowest BCUT2D eigenvalue weighted by molar-refractivity contribution is -0.116. The van der Waals surface area contributed by atoms with Gasteiger partial charge in [0.2, 0.25) is 5.91 Å². The van der Waals surface area contributed by atoms with Crippen LogP contribution in [0.15, 0.2) is 30.4 Å². The molecule has 0 saturated heterocycles. The minimum absolute atomic E-state index is 0.141. The fraction of sp³-hybridized carbons (Fsp3) is 0.250. The molecule has 1 unspecified atom stereocenters. The fourth-order valence-corrected chi connectivity index (χ4v) is 1.51. The van der Waals surface area contributed by atoms with E-state index >= 15 is 0 Å². The van der Waals surface area contributed by atoms with E-state index in [0.717, 1.165) is 17.0 Å². The predicted molar refractivity (Wildman–Crippen MR) is 62.4 cm³/mol. The highest BCUT2D eigenvalue weighted by Crippen LogP contribution is 2.32. The van der Waals surface area contributed by atoms with E-state index in [-0.39, 0.29) is 12.1 Å². The number of nitrogens with one attached hydrogen (secondary N) is 2. The maximum Gasteiger partial charge on any atom is 0.243 e. The molecule has 2 rings (SSSR count). The van der Waals surface area contributed by atoms with Crippen molar-refractivity contribution in [2.75, 3.05) is 12.4 Å². The Kier molecular flexibility index (Phi) is 2.81. The number of fused-ring (bicyclic) bond motifs is 1. The molecule has 1 amide bonds. The van der Waals surface area contributed by atoms with Gasteiger partial charge in [-0.1, -0.05) is 6.07 Å². The standard InChI is InChI=1S/C12H14N2O2/c1-8-3-4-9-10(7-8)16-12(14-9)6-5-11(15)13-2/h3-7,12,14H,1-2H3,(H,13,15)/b6-5+. The number of amides is 1. The minimum Gasteiger partial charge on any atom is -0.465 e. The Labute approximate surface area is 94.3 Å². The molecular formula is C12H14N2O2. The second-order valence-corrected chi connectivity index (χ2v) is 3.66. The molecule has 1 aromatic rings. The molecule has 0 aromatic heterocycles. The summed E-state index contributed by atoms with van der Waals surface area (Å²) in [6.07, 6.45) is 2.87. The number of carbonyl (C=O) groups is 1. The Morgan fingerprint density at radius 1 is 1.56 bits per heavy atom. The third-order valence-corrected chi connectivity index (χ3v) is 2.36. The molecule has 16 heavy (non-hydrogen) atoms. The molecule has 0 spiro atoms. The van der Waals surface area contributed by atoms with Crippen LogP contribution in [0.5, 0.6) is 5.75 Å². The lowest BCUT2D eigenvalue weighted by Gasteiger charge is -2.04. The van der Waals surface area contributed by atoms with Gasteiger partial charge in [0, 0.05) is 13.1 Å². The largest absolute Gasteiger partial charge is 0.465 e. The SMILES string of the molecule is CNC(=O)/C=C/C1Nc2ccc(C)cc2O1. The van der Waals surface area contributed by atoms with Crippen molar-refractivity contribution in [2.24, 2.45) is 0 Å². The molecule has 0 bridgehead atoms. The highest BCUT2D eigenvalue weighted by Gasteiger charge is 2.18. The van der Waals surface area contributed by atoms with Gasteiger partial charge < -0.3 is 15.4 Å². The molecule has 4 nitrogen and oxygen atoms in total. The normalized spacial score (nSPS) is 17.8. The summed E-state index contributed by atoms with van der Waals surface area (Å²) >= 11 is 0. The molecule has 1 aliphatic heterocycles. The predicted octanol–water partition coefficient (Wildman–Crippen LogP) is 1.43. The van der Waals surface area contributed by atoms with Crippen LogP contribution in [0.2, 0.25) is 0 Å². The number of anilines is 1. The number of likely N-dealkylation sites (N-methyl/N-ethyl adjacent to an activating group) is 1. The summed E-state index contributed by atoms with van der Waals surface area (Å²) in [5.41, 5.74) is 2.11. The minimum atomic E-state index is -0.269. The van der Waals surface area contributed by atoms with Crippen molar-refractivity contribution in [2.45, 2.75) is 13.2 Å². The van der Waals surface area contributed by atoms with Crippen molar-refractivity contribution in [1.29, 1.82) is 0 Å². The van der Waals surface area contributed by atoms with Crippen molar-refractivity contribution in [3.63, 3.8) is 0 Å². The lowest BCUT2D eigenvalue weighted by Crippen LogP contribution is -2.19. The summed E-state index contributed by atoms with van der Waals surface area (Å²) in [7, 11) is 1.59. The number of hydrogen-bond acceptors (Lipinski definition) is 3. The summed E-state index contributed by atoms with van der Waals surface area (Å²) < 4.78 is 5.60. The topological polar surface area (TPSA) is 50.4 Å². The first-order chi connectivity index (χ1) is 7.69. The lowest BCUT2D eigenvalue weighted by atomic mass is 10.2. The number of ether oxygens (including phenoxy) is 1. The maximum absolute atomic E-state index is 11.0. The Balaban J connectivity index is 2.05. The van der Waals surface area contributed by atoms with E-state index in [1.54, 1.807) is 13.1 Å². The van der Waals surface area contributed by atoms with Crippen molar-refractivity contribution >= 4 is 11.6 Å². The zero-order chi connectivity index (χ0) is 11.5. The first kappa shape index (κ1) is 10.5. The zero-order valence-electron chi connectivity index (χ0n) is 9.28. The van der Waals surface area contributed by atoms with Crippen LogP contribution in [0.25, 0.3) is 0 Å². The van der Waals surface area contributed by atoms with Crippen molar-refractivity contribution in [3.05, 3.63) is 35.9 Å². The second kappa shape index (κ2) is 4.26. The van der Waals surface area contributed by atoms with Gasteiger partial charge in [0.15, 0.2) is 6.23 Å². The van der Waals surface area contributed by atoms with Gasteiger partial charge in [-0.3, -0.25) is 4.79 Å². The Morgan fingerprint density at radius 2 is 2.38 bits per heavy atom. The van der Waals surface area contributed by atoms with Crippen LogP contribution in [0, 0.1) is 6.92 Å². The second-order valence-electron chi connectivity index (χ2n) is 3.66. The molecular weight excluding hydrogens is 204 g/mol. The molecule has 0 fully saturated rings. The monoisotopic (exact) mass is 218 g/mol. The molecule has 1 aromatic carbocycles. The van der Waals surface area contributed by atoms with Gasteiger partial charge in [-0.15, -0.1) is 0 Å². The first-order valence-corrected chi connectivity index (χ1v) is 5.13. The van der Waals surface area contributed by atoms with Crippen LogP contribution < -0.4 is 15.4 Å². The Bertz CT molecular complexity index is 441. The number of hydrogen-bond donors (Lipinski definition) is 2. The van der Waals surface area contributed by atoms with Crippen LogP contribution in [0.4, 0.5) is 5.69 Å². The van der Waals surface area contributed by atoms with Gasteiger partial charge in [-0.2, -0.15) is 0 Å². The highest BCUT2D eigenvalue weighted by atomic mass is 16.5. The summed E-state index contributed by atoms with van der Waals surface area (Å²) in [4.78, 5) is 11.0. The van der Waals surface area contributed by atoms with Crippen LogP contribution >= 0.6 is 0 Å². The fourth-order valence-electron chi connectivity index (χ4n) is 1.51. The van der Waals surface area contributed by atoms with Gasteiger partial charge in [-0.25, -0.2) is 0 Å². The van der Waals surface area contributed by atoms with Gasteiger partial charge in [-0.05, 0) is 30.7 Å². The summed E-state index contributed by atoms with van der Waals surface area (Å²) in [6.45, 7) is 2.01. The zero-order valence-corrected chi connectivity index (χ0v) is 9.28. The van der Waals surface area contributed by atoms with Gasteiger partial charge in [0.25, 0.3) is 0 Å². The van der Waals surface area contributed by atoms with Crippen molar-refractivity contribution in [1.82, 2.24) is 5.32 Å². The number of carbonyl (C=O) groups excluding carboxylic acids is 1. The molecule has 1 heterocycles.